The molecule has 0 heterocycles. The summed E-state index contributed by atoms with van der Waals surface area (Å²) in [6.45, 7) is 5.57. The van der Waals surface area contributed by atoms with Gasteiger partial charge in [-0.25, -0.2) is 4.39 Å². The molecule has 0 bridgehead atoms. The summed E-state index contributed by atoms with van der Waals surface area (Å²) in [5.41, 5.74) is 10.7. The molecule has 0 radical (unpaired) electrons. The molecule has 3 heteroatoms. The average Bonchev–Trinajstić information content (AvgIpc) is 2.38. The van der Waals surface area contributed by atoms with E-state index < -0.39 is 0 Å². The quantitative estimate of drug-likeness (QED) is 0.862. The van der Waals surface area contributed by atoms with Crippen LogP contribution in [0.1, 0.15) is 33.9 Å². The van der Waals surface area contributed by atoms with E-state index in [-0.39, 0.29) is 11.9 Å². The van der Waals surface area contributed by atoms with Gasteiger partial charge in [-0.15, -0.1) is 0 Å². The molecule has 0 saturated carbocycles. The SMILES string of the molecule is Cc1cc(C(N)c2cccc(Br)c2C)cc(C)c1F. The van der Waals surface area contributed by atoms with Gasteiger partial charge in [-0.1, -0.05) is 40.2 Å². The van der Waals surface area contributed by atoms with Gasteiger partial charge in [0.15, 0.2) is 0 Å². The first-order valence-corrected chi connectivity index (χ1v) is 6.98. The van der Waals surface area contributed by atoms with Gasteiger partial charge in [-0.2, -0.15) is 0 Å². The summed E-state index contributed by atoms with van der Waals surface area (Å²) in [5.74, 6) is -0.151. The summed E-state index contributed by atoms with van der Waals surface area (Å²) < 4.78 is 14.7. The molecule has 19 heavy (non-hydrogen) atoms. The summed E-state index contributed by atoms with van der Waals surface area (Å²) in [7, 11) is 0. The number of aryl methyl sites for hydroxylation is 2. The zero-order valence-corrected chi connectivity index (χ0v) is 12.9. The van der Waals surface area contributed by atoms with E-state index in [4.69, 9.17) is 5.73 Å². The van der Waals surface area contributed by atoms with Crippen LogP contribution in [0.5, 0.6) is 0 Å². The molecule has 1 atom stereocenters. The van der Waals surface area contributed by atoms with Gasteiger partial charge < -0.3 is 5.73 Å². The van der Waals surface area contributed by atoms with Gasteiger partial charge in [-0.3, -0.25) is 0 Å². The molecular formula is C16H17BrFN. The van der Waals surface area contributed by atoms with E-state index in [9.17, 15) is 4.39 Å². The van der Waals surface area contributed by atoms with Crippen molar-refractivity contribution in [2.45, 2.75) is 26.8 Å². The molecule has 0 fully saturated rings. The Morgan fingerprint density at radius 1 is 1.11 bits per heavy atom. The molecule has 0 spiro atoms. The maximum atomic E-state index is 13.7. The maximum absolute atomic E-state index is 13.7. The standard InChI is InChI=1S/C16H17BrFN/c1-9-7-12(8-10(2)15(9)18)16(19)13-5-4-6-14(17)11(13)3/h4-8,16H,19H2,1-3H3. The molecule has 2 aromatic carbocycles. The lowest BCUT2D eigenvalue weighted by atomic mass is 9.93. The van der Waals surface area contributed by atoms with Crippen LogP contribution in [0, 0.1) is 26.6 Å². The Hall–Kier alpha value is -1.19. The Morgan fingerprint density at radius 3 is 2.26 bits per heavy atom. The van der Waals surface area contributed by atoms with Crippen molar-refractivity contribution < 1.29 is 4.39 Å². The average molecular weight is 322 g/mol. The molecule has 2 rings (SSSR count). The molecule has 0 aliphatic heterocycles. The monoisotopic (exact) mass is 321 g/mol. The summed E-state index contributed by atoms with van der Waals surface area (Å²) in [4.78, 5) is 0. The van der Waals surface area contributed by atoms with Crippen molar-refractivity contribution in [3.63, 3.8) is 0 Å². The molecule has 0 saturated heterocycles. The Kier molecular flexibility index (Phi) is 4.07. The molecule has 100 valence electrons. The van der Waals surface area contributed by atoms with E-state index >= 15 is 0 Å². The number of benzene rings is 2. The smallest absolute Gasteiger partial charge is 0.129 e. The second-order valence-electron chi connectivity index (χ2n) is 4.90. The van der Waals surface area contributed by atoms with E-state index in [1.165, 1.54) is 0 Å². The number of hydrogen-bond acceptors (Lipinski definition) is 1. The highest BCUT2D eigenvalue weighted by Gasteiger charge is 2.15. The van der Waals surface area contributed by atoms with Crippen LogP contribution in [0.2, 0.25) is 0 Å². The predicted molar refractivity (Wildman–Crippen MR) is 80.8 cm³/mol. The van der Waals surface area contributed by atoms with Gasteiger partial charge in [0, 0.05) is 4.47 Å². The third-order valence-corrected chi connectivity index (χ3v) is 4.32. The fourth-order valence-electron chi connectivity index (χ4n) is 2.30. The first-order valence-electron chi connectivity index (χ1n) is 6.19. The van der Waals surface area contributed by atoms with E-state index in [0.717, 1.165) is 21.2 Å². The topological polar surface area (TPSA) is 26.0 Å². The number of halogens is 2. The van der Waals surface area contributed by atoms with Crippen LogP contribution in [0.25, 0.3) is 0 Å². The summed E-state index contributed by atoms with van der Waals surface area (Å²) >= 11 is 3.51. The second-order valence-corrected chi connectivity index (χ2v) is 5.75. The van der Waals surface area contributed by atoms with Gasteiger partial charge >= 0.3 is 0 Å². The Morgan fingerprint density at radius 2 is 1.68 bits per heavy atom. The molecule has 0 aromatic heterocycles. The number of nitrogens with two attached hydrogens (primary N) is 1. The van der Waals surface area contributed by atoms with E-state index in [1.54, 1.807) is 13.8 Å². The van der Waals surface area contributed by atoms with Crippen LogP contribution >= 0.6 is 15.9 Å². The molecule has 0 amide bonds. The van der Waals surface area contributed by atoms with Gasteiger partial charge in [0.05, 0.1) is 6.04 Å². The van der Waals surface area contributed by atoms with Crippen LogP contribution in [-0.4, -0.2) is 0 Å². The van der Waals surface area contributed by atoms with Crippen molar-refractivity contribution >= 4 is 15.9 Å². The zero-order valence-electron chi connectivity index (χ0n) is 11.3. The third kappa shape index (κ3) is 2.72. The highest BCUT2D eigenvalue weighted by atomic mass is 79.9. The summed E-state index contributed by atoms with van der Waals surface area (Å²) in [6.07, 6.45) is 0. The van der Waals surface area contributed by atoms with Gasteiger partial charge in [0.2, 0.25) is 0 Å². The Bertz CT molecular complexity index is 599. The first kappa shape index (κ1) is 14.2. The van der Waals surface area contributed by atoms with Crippen LogP contribution in [0.4, 0.5) is 4.39 Å². The van der Waals surface area contributed by atoms with Crippen molar-refractivity contribution in [2.24, 2.45) is 5.73 Å². The zero-order chi connectivity index (χ0) is 14.2. The van der Waals surface area contributed by atoms with Gasteiger partial charge in [0.1, 0.15) is 5.82 Å². The van der Waals surface area contributed by atoms with Crippen molar-refractivity contribution in [3.8, 4) is 0 Å². The van der Waals surface area contributed by atoms with Crippen molar-refractivity contribution in [3.05, 3.63) is 68.4 Å². The molecule has 2 aromatic rings. The summed E-state index contributed by atoms with van der Waals surface area (Å²) in [5, 5.41) is 0. The van der Waals surface area contributed by atoms with E-state index in [2.05, 4.69) is 15.9 Å². The highest BCUT2D eigenvalue weighted by Crippen LogP contribution is 2.29. The van der Waals surface area contributed by atoms with Crippen molar-refractivity contribution in [2.75, 3.05) is 0 Å². The second kappa shape index (κ2) is 5.43. The van der Waals surface area contributed by atoms with Gasteiger partial charge in [0.25, 0.3) is 0 Å². The Labute approximate surface area is 121 Å². The van der Waals surface area contributed by atoms with Crippen molar-refractivity contribution in [1.82, 2.24) is 0 Å². The lowest BCUT2D eigenvalue weighted by Crippen LogP contribution is -2.14. The third-order valence-electron chi connectivity index (χ3n) is 3.46. The molecule has 1 unspecified atom stereocenters. The molecule has 0 aliphatic rings. The minimum atomic E-state index is -0.240. The van der Waals surface area contributed by atoms with Crippen molar-refractivity contribution in [1.29, 1.82) is 0 Å². The number of rotatable bonds is 2. The highest BCUT2D eigenvalue weighted by molar-refractivity contribution is 9.10. The predicted octanol–water partition coefficient (Wildman–Crippen LogP) is 4.56. The maximum Gasteiger partial charge on any atom is 0.129 e. The molecular weight excluding hydrogens is 305 g/mol. The first-order chi connectivity index (χ1) is 8.91. The molecule has 2 N–H and O–H groups in total. The number of hydrogen-bond donors (Lipinski definition) is 1. The molecule has 0 aliphatic carbocycles. The lowest BCUT2D eigenvalue weighted by molar-refractivity contribution is 0.607. The summed E-state index contributed by atoms with van der Waals surface area (Å²) in [6, 6.07) is 9.39. The van der Waals surface area contributed by atoms with Crippen LogP contribution in [0.15, 0.2) is 34.8 Å². The fourth-order valence-corrected chi connectivity index (χ4v) is 2.68. The van der Waals surface area contributed by atoms with Crippen LogP contribution in [0.3, 0.4) is 0 Å². The fraction of sp³-hybridized carbons (Fsp3) is 0.250. The van der Waals surface area contributed by atoms with E-state index in [0.29, 0.717) is 11.1 Å². The minimum absolute atomic E-state index is 0.151. The normalized spacial score (nSPS) is 12.5. The van der Waals surface area contributed by atoms with Crippen LogP contribution in [-0.2, 0) is 0 Å². The largest absolute Gasteiger partial charge is 0.320 e. The minimum Gasteiger partial charge on any atom is -0.320 e. The van der Waals surface area contributed by atoms with E-state index in [1.807, 2.05) is 37.3 Å². The van der Waals surface area contributed by atoms with Gasteiger partial charge in [-0.05, 0) is 54.7 Å². The van der Waals surface area contributed by atoms with Crippen LogP contribution < -0.4 is 5.73 Å². The Balaban J connectivity index is 2.50. The lowest BCUT2D eigenvalue weighted by Gasteiger charge is -2.18. The molecule has 1 nitrogen and oxygen atoms in total.